The molecule has 10 nitrogen and oxygen atoms in total. The van der Waals surface area contributed by atoms with Crippen molar-refractivity contribution in [3.05, 3.63) is 12.7 Å². The molecule has 10 heteroatoms. The minimum Gasteiger partial charge on any atom is -0.357 e. The van der Waals surface area contributed by atoms with Crippen LogP contribution >= 0.6 is 0 Å². The van der Waals surface area contributed by atoms with E-state index in [1.165, 1.54) is 18.9 Å². The lowest BCUT2D eigenvalue weighted by molar-refractivity contribution is -0.141. The predicted molar refractivity (Wildman–Crippen MR) is 111 cm³/mol. The monoisotopic (exact) mass is 423 g/mol. The second-order valence-corrected chi connectivity index (χ2v) is 7.71. The Morgan fingerprint density at radius 3 is 2.37 bits per heavy atom. The molecule has 0 aromatic rings. The minimum absolute atomic E-state index is 0.198. The van der Waals surface area contributed by atoms with Gasteiger partial charge in [-0.05, 0) is 38.2 Å². The second-order valence-electron chi connectivity index (χ2n) is 7.71. The molecule has 0 bridgehead atoms. The summed E-state index contributed by atoms with van der Waals surface area (Å²) < 4.78 is 0. The van der Waals surface area contributed by atoms with Gasteiger partial charge in [0.25, 0.3) is 0 Å². The van der Waals surface area contributed by atoms with Crippen molar-refractivity contribution in [2.24, 2.45) is 5.92 Å². The zero-order valence-electron chi connectivity index (χ0n) is 18.1. The Balaban J connectivity index is 2.62. The highest BCUT2D eigenvalue weighted by atomic mass is 16.2. The Kier molecular flexibility index (Phi) is 10.00. The molecule has 0 aromatic heterocycles. The SMILES string of the molecule is C=CC(=O)N[C@@H](C)C(=O)N1CCC[C@H]1C(=O)NCC(=O)N[C@@H](CC(C)C)C(=O)NC. The fourth-order valence-corrected chi connectivity index (χ4v) is 3.29. The fraction of sp³-hybridized carbons (Fsp3) is 0.650. The molecule has 30 heavy (non-hydrogen) atoms. The van der Waals surface area contributed by atoms with Gasteiger partial charge in [0.05, 0.1) is 6.54 Å². The molecule has 1 aliphatic heterocycles. The van der Waals surface area contributed by atoms with Crippen LogP contribution in [0.2, 0.25) is 0 Å². The Morgan fingerprint density at radius 2 is 1.80 bits per heavy atom. The number of rotatable bonds is 10. The average Bonchev–Trinajstić information content (AvgIpc) is 3.19. The van der Waals surface area contributed by atoms with Crippen molar-refractivity contribution in [2.45, 2.75) is 58.2 Å². The molecule has 0 radical (unpaired) electrons. The largest absolute Gasteiger partial charge is 0.357 e. The molecule has 0 aliphatic carbocycles. The van der Waals surface area contributed by atoms with Crippen molar-refractivity contribution in [1.29, 1.82) is 0 Å². The van der Waals surface area contributed by atoms with E-state index in [1.807, 2.05) is 13.8 Å². The van der Waals surface area contributed by atoms with Crippen LogP contribution in [0, 0.1) is 5.92 Å². The Hall–Kier alpha value is -2.91. The number of amides is 5. The van der Waals surface area contributed by atoms with E-state index in [-0.39, 0.29) is 24.3 Å². The maximum atomic E-state index is 12.6. The van der Waals surface area contributed by atoms with E-state index >= 15 is 0 Å². The average molecular weight is 424 g/mol. The van der Waals surface area contributed by atoms with Crippen molar-refractivity contribution in [2.75, 3.05) is 20.1 Å². The molecule has 168 valence electrons. The summed E-state index contributed by atoms with van der Waals surface area (Å²) in [6, 6.07) is -2.19. The molecule has 5 amide bonds. The molecule has 0 spiro atoms. The summed E-state index contributed by atoms with van der Waals surface area (Å²) in [4.78, 5) is 62.1. The van der Waals surface area contributed by atoms with Gasteiger partial charge < -0.3 is 26.2 Å². The molecular formula is C20H33N5O5. The van der Waals surface area contributed by atoms with Crippen molar-refractivity contribution >= 4 is 29.5 Å². The van der Waals surface area contributed by atoms with Crippen LogP contribution in [0.15, 0.2) is 12.7 Å². The van der Waals surface area contributed by atoms with E-state index < -0.39 is 35.8 Å². The van der Waals surface area contributed by atoms with E-state index in [0.29, 0.717) is 25.8 Å². The van der Waals surface area contributed by atoms with Gasteiger partial charge in [0, 0.05) is 13.6 Å². The van der Waals surface area contributed by atoms with Crippen molar-refractivity contribution in [1.82, 2.24) is 26.2 Å². The molecule has 3 atom stereocenters. The van der Waals surface area contributed by atoms with Gasteiger partial charge in [-0.15, -0.1) is 0 Å². The third-order valence-electron chi connectivity index (χ3n) is 4.78. The number of hydrogen-bond donors (Lipinski definition) is 4. The first-order valence-electron chi connectivity index (χ1n) is 10.1. The first-order valence-corrected chi connectivity index (χ1v) is 10.1. The number of carbonyl (C=O) groups excluding carboxylic acids is 5. The Morgan fingerprint density at radius 1 is 1.13 bits per heavy atom. The third kappa shape index (κ3) is 7.49. The molecule has 1 saturated heterocycles. The zero-order chi connectivity index (χ0) is 22.8. The van der Waals surface area contributed by atoms with Gasteiger partial charge in [0.1, 0.15) is 18.1 Å². The van der Waals surface area contributed by atoms with Gasteiger partial charge in [-0.3, -0.25) is 24.0 Å². The Labute approximate surface area is 177 Å². The third-order valence-corrected chi connectivity index (χ3v) is 4.78. The predicted octanol–water partition coefficient (Wildman–Crippen LogP) is -0.939. The highest BCUT2D eigenvalue weighted by molar-refractivity contribution is 5.95. The number of likely N-dealkylation sites (tertiary alicyclic amines) is 1. The van der Waals surface area contributed by atoms with Crippen LogP contribution in [0.1, 0.15) is 40.0 Å². The van der Waals surface area contributed by atoms with Crippen LogP contribution in [-0.2, 0) is 24.0 Å². The van der Waals surface area contributed by atoms with Crippen LogP contribution in [0.3, 0.4) is 0 Å². The summed E-state index contributed by atoms with van der Waals surface area (Å²) in [5.74, 6) is -1.88. The number of nitrogens with zero attached hydrogens (tertiary/aromatic N) is 1. The molecule has 0 aromatic carbocycles. The highest BCUT2D eigenvalue weighted by Crippen LogP contribution is 2.18. The van der Waals surface area contributed by atoms with Gasteiger partial charge in [0.2, 0.25) is 29.5 Å². The summed E-state index contributed by atoms with van der Waals surface area (Å²) in [5, 5.41) is 10.2. The first-order chi connectivity index (χ1) is 14.1. The molecule has 0 unspecified atom stereocenters. The van der Waals surface area contributed by atoms with E-state index in [9.17, 15) is 24.0 Å². The normalized spacial score (nSPS) is 17.6. The van der Waals surface area contributed by atoms with Crippen molar-refractivity contribution < 1.29 is 24.0 Å². The number of hydrogen-bond acceptors (Lipinski definition) is 5. The van der Waals surface area contributed by atoms with Gasteiger partial charge in [-0.1, -0.05) is 20.4 Å². The maximum absolute atomic E-state index is 12.6. The molecular weight excluding hydrogens is 390 g/mol. The van der Waals surface area contributed by atoms with Gasteiger partial charge >= 0.3 is 0 Å². The van der Waals surface area contributed by atoms with Crippen molar-refractivity contribution in [3.63, 3.8) is 0 Å². The summed E-state index contributed by atoms with van der Waals surface area (Å²) in [6.07, 6.45) is 2.65. The van der Waals surface area contributed by atoms with E-state index in [1.54, 1.807) is 0 Å². The van der Waals surface area contributed by atoms with Crippen LogP contribution in [0.4, 0.5) is 0 Å². The Bertz CT molecular complexity index is 678. The van der Waals surface area contributed by atoms with Crippen LogP contribution in [-0.4, -0.2) is 72.7 Å². The molecule has 1 rings (SSSR count). The summed E-state index contributed by atoms with van der Waals surface area (Å²) in [7, 11) is 1.49. The number of likely N-dealkylation sites (N-methyl/N-ethyl adjacent to an activating group) is 1. The summed E-state index contributed by atoms with van der Waals surface area (Å²) in [6.45, 7) is 8.85. The van der Waals surface area contributed by atoms with Gasteiger partial charge in [0.15, 0.2) is 0 Å². The highest BCUT2D eigenvalue weighted by Gasteiger charge is 2.36. The second kappa shape index (κ2) is 11.9. The van der Waals surface area contributed by atoms with Crippen LogP contribution in [0.25, 0.3) is 0 Å². The number of carbonyl (C=O) groups is 5. The summed E-state index contributed by atoms with van der Waals surface area (Å²) in [5.41, 5.74) is 0. The lowest BCUT2D eigenvalue weighted by Gasteiger charge is -2.27. The lowest BCUT2D eigenvalue weighted by Crippen LogP contribution is -2.54. The quantitative estimate of drug-likeness (QED) is 0.336. The summed E-state index contributed by atoms with van der Waals surface area (Å²) >= 11 is 0. The smallest absolute Gasteiger partial charge is 0.245 e. The van der Waals surface area contributed by atoms with Crippen molar-refractivity contribution in [3.8, 4) is 0 Å². The van der Waals surface area contributed by atoms with Crippen LogP contribution < -0.4 is 21.3 Å². The molecule has 0 saturated carbocycles. The zero-order valence-corrected chi connectivity index (χ0v) is 18.1. The van der Waals surface area contributed by atoms with Crippen LogP contribution in [0.5, 0.6) is 0 Å². The lowest BCUT2D eigenvalue weighted by atomic mass is 10.0. The van der Waals surface area contributed by atoms with E-state index in [2.05, 4.69) is 27.8 Å². The standard InChI is InChI=1S/C20H33N5O5/c1-6-16(26)23-13(4)20(30)25-9-7-8-15(25)19(29)22-11-17(27)24-14(10-12(2)3)18(28)21-5/h6,12-15H,1,7-11H2,2-5H3,(H,21,28)(H,22,29)(H,23,26)(H,24,27)/t13-,14-,15-/m0/s1. The first kappa shape index (κ1) is 25.1. The topological polar surface area (TPSA) is 137 Å². The molecule has 1 heterocycles. The number of nitrogens with one attached hydrogen (secondary N) is 4. The molecule has 4 N–H and O–H groups in total. The fourth-order valence-electron chi connectivity index (χ4n) is 3.29. The van der Waals surface area contributed by atoms with Gasteiger partial charge in [-0.2, -0.15) is 0 Å². The molecule has 1 fully saturated rings. The van der Waals surface area contributed by atoms with Gasteiger partial charge in [-0.25, -0.2) is 0 Å². The van der Waals surface area contributed by atoms with E-state index in [4.69, 9.17) is 0 Å². The minimum atomic E-state index is -0.795. The molecule has 1 aliphatic rings. The maximum Gasteiger partial charge on any atom is 0.245 e. The van der Waals surface area contributed by atoms with E-state index in [0.717, 1.165) is 6.08 Å².